The lowest BCUT2D eigenvalue weighted by Gasteiger charge is -2.44. The Hall–Kier alpha value is -1.93. The van der Waals surface area contributed by atoms with Gasteiger partial charge in [0.05, 0.1) is 30.9 Å². The van der Waals surface area contributed by atoms with Gasteiger partial charge in [-0.25, -0.2) is 0 Å². The number of aliphatic hydroxyl groups excluding tert-OH is 1. The number of hydrogen-bond acceptors (Lipinski definition) is 5. The number of rotatable bonds is 7. The lowest BCUT2D eigenvalue weighted by atomic mass is 9.98. The molecule has 3 rings (SSSR count). The summed E-state index contributed by atoms with van der Waals surface area (Å²) in [6.45, 7) is 7.04. The fourth-order valence-corrected chi connectivity index (χ4v) is 3.83. The van der Waals surface area contributed by atoms with Gasteiger partial charge < -0.3 is 19.5 Å². The van der Waals surface area contributed by atoms with Gasteiger partial charge in [0.15, 0.2) is 0 Å². The molecule has 0 aromatic heterocycles. The van der Waals surface area contributed by atoms with Crippen molar-refractivity contribution in [2.45, 2.75) is 39.3 Å². The third-order valence-corrected chi connectivity index (χ3v) is 5.61. The predicted molar refractivity (Wildman–Crippen MR) is 120 cm³/mol. The van der Waals surface area contributed by atoms with Gasteiger partial charge in [-0.3, -0.25) is 9.69 Å². The number of halogens is 1. The smallest absolute Gasteiger partial charge is 0.233 e. The summed E-state index contributed by atoms with van der Waals surface area (Å²) in [7, 11) is 1.63. The summed E-state index contributed by atoms with van der Waals surface area (Å²) in [6, 6.07) is 15.4. The third-order valence-electron chi connectivity index (χ3n) is 4.94. The summed E-state index contributed by atoms with van der Waals surface area (Å²) in [6.07, 6.45) is -1.01. The first-order chi connectivity index (χ1) is 14.2. The second kappa shape index (κ2) is 9.47. The summed E-state index contributed by atoms with van der Waals surface area (Å²) < 4.78 is 11.7. The van der Waals surface area contributed by atoms with E-state index in [0.717, 1.165) is 21.5 Å². The molecule has 2 aromatic rings. The van der Waals surface area contributed by atoms with Gasteiger partial charge in [-0.05, 0) is 66.5 Å². The average Bonchev–Trinajstić information content (AvgIpc) is 2.64. The van der Waals surface area contributed by atoms with Crippen LogP contribution in [0.5, 0.6) is 5.75 Å². The molecule has 1 N–H and O–H groups in total. The zero-order valence-corrected chi connectivity index (χ0v) is 19.4. The molecule has 1 fully saturated rings. The maximum Gasteiger partial charge on any atom is 0.233 e. The highest BCUT2D eigenvalue weighted by molar-refractivity contribution is 9.10. The molecule has 7 heteroatoms. The van der Waals surface area contributed by atoms with E-state index in [1.54, 1.807) is 16.9 Å². The Morgan fingerprint density at radius 2 is 1.83 bits per heavy atom. The van der Waals surface area contributed by atoms with Gasteiger partial charge in [0.2, 0.25) is 12.3 Å². The van der Waals surface area contributed by atoms with E-state index in [0.29, 0.717) is 19.6 Å². The molecule has 1 atom stereocenters. The van der Waals surface area contributed by atoms with Crippen LogP contribution in [0.3, 0.4) is 0 Å². The minimum Gasteiger partial charge on any atom is -0.497 e. The second-order valence-electron chi connectivity index (χ2n) is 8.43. The van der Waals surface area contributed by atoms with E-state index in [1.165, 1.54) is 0 Å². The molecule has 162 valence electrons. The van der Waals surface area contributed by atoms with Crippen LogP contribution in [0.25, 0.3) is 0 Å². The van der Waals surface area contributed by atoms with Crippen LogP contribution >= 0.6 is 15.9 Å². The van der Waals surface area contributed by atoms with Gasteiger partial charge in [0.25, 0.3) is 0 Å². The van der Waals surface area contributed by atoms with E-state index < -0.39 is 12.0 Å². The van der Waals surface area contributed by atoms with Crippen molar-refractivity contribution in [3.8, 4) is 5.75 Å². The molecule has 0 aliphatic carbocycles. The van der Waals surface area contributed by atoms with Crippen molar-refractivity contribution in [1.82, 2.24) is 4.90 Å². The Bertz CT molecular complexity index is 860. The zero-order chi connectivity index (χ0) is 21.9. The average molecular weight is 477 g/mol. The second-order valence-corrected chi connectivity index (χ2v) is 9.29. The lowest BCUT2D eigenvalue weighted by molar-refractivity contribution is -0.259. The number of carbonyl (C=O) groups excluding carboxylic acids is 1. The molecule has 0 radical (unpaired) electrons. The summed E-state index contributed by atoms with van der Waals surface area (Å²) in [5.41, 5.74) is 1.37. The first-order valence-corrected chi connectivity index (χ1v) is 10.8. The van der Waals surface area contributed by atoms with E-state index >= 15 is 0 Å². The SMILES string of the molecule is COc1ccc(CN(C(=O)C2CN(C(O)OC(C)(C)C)C2)c2ccccc2Br)cc1. The van der Waals surface area contributed by atoms with Crippen LogP contribution in [0.15, 0.2) is 53.0 Å². The molecule has 2 aromatic carbocycles. The largest absolute Gasteiger partial charge is 0.497 e. The number of carbonyl (C=O) groups is 1. The summed E-state index contributed by atoms with van der Waals surface area (Å²) in [5, 5.41) is 10.2. The third kappa shape index (κ3) is 5.60. The minimum atomic E-state index is -1.01. The van der Waals surface area contributed by atoms with Gasteiger partial charge in [-0.15, -0.1) is 0 Å². The lowest BCUT2D eigenvalue weighted by Crippen LogP contribution is -2.59. The van der Waals surface area contributed by atoms with Gasteiger partial charge in [-0.1, -0.05) is 24.3 Å². The van der Waals surface area contributed by atoms with Crippen LogP contribution in [0.1, 0.15) is 26.3 Å². The van der Waals surface area contributed by atoms with Crippen molar-refractivity contribution < 1.29 is 19.4 Å². The Labute approximate surface area is 186 Å². The highest BCUT2D eigenvalue weighted by Gasteiger charge is 2.40. The molecule has 0 bridgehead atoms. The molecule has 1 heterocycles. The molecular weight excluding hydrogens is 448 g/mol. The number of ether oxygens (including phenoxy) is 2. The zero-order valence-electron chi connectivity index (χ0n) is 17.8. The van der Waals surface area contributed by atoms with Crippen molar-refractivity contribution in [3.05, 3.63) is 58.6 Å². The van der Waals surface area contributed by atoms with E-state index in [1.807, 2.05) is 69.3 Å². The van der Waals surface area contributed by atoms with Crippen molar-refractivity contribution in [2.75, 3.05) is 25.1 Å². The summed E-state index contributed by atoms with van der Waals surface area (Å²) >= 11 is 3.57. The number of benzene rings is 2. The molecular formula is C23H29BrN2O4. The Morgan fingerprint density at radius 3 is 2.40 bits per heavy atom. The molecule has 0 saturated carbocycles. The van der Waals surface area contributed by atoms with Gasteiger partial charge in [0, 0.05) is 17.6 Å². The number of aliphatic hydroxyl groups is 1. The molecule has 1 aliphatic heterocycles. The van der Waals surface area contributed by atoms with Crippen LogP contribution in [0.4, 0.5) is 5.69 Å². The molecule has 1 unspecified atom stereocenters. The molecule has 1 aliphatic rings. The van der Waals surface area contributed by atoms with E-state index in [-0.39, 0.29) is 11.8 Å². The number of methoxy groups -OCH3 is 1. The van der Waals surface area contributed by atoms with E-state index in [9.17, 15) is 9.90 Å². The van der Waals surface area contributed by atoms with Crippen LogP contribution in [-0.4, -0.2) is 48.1 Å². The number of nitrogens with zero attached hydrogens (tertiary/aromatic N) is 2. The number of hydrogen-bond donors (Lipinski definition) is 1. The molecule has 6 nitrogen and oxygen atoms in total. The summed E-state index contributed by atoms with van der Waals surface area (Å²) in [4.78, 5) is 17.0. The topological polar surface area (TPSA) is 62.2 Å². The van der Waals surface area contributed by atoms with Gasteiger partial charge in [-0.2, -0.15) is 0 Å². The monoisotopic (exact) mass is 476 g/mol. The number of amides is 1. The first kappa shape index (κ1) is 22.7. The molecule has 30 heavy (non-hydrogen) atoms. The van der Waals surface area contributed by atoms with Crippen LogP contribution in [0.2, 0.25) is 0 Å². The highest BCUT2D eigenvalue weighted by atomic mass is 79.9. The minimum absolute atomic E-state index is 0.0249. The van der Waals surface area contributed by atoms with Crippen LogP contribution in [-0.2, 0) is 16.1 Å². The number of para-hydroxylation sites is 1. The Morgan fingerprint density at radius 1 is 1.20 bits per heavy atom. The van der Waals surface area contributed by atoms with Crippen molar-refractivity contribution in [2.24, 2.45) is 5.92 Å². The first-order valence-electron chi connectivity index (χ1n) is 9.97. The molecule has 1 saturated heterocycles. The van der Waals surface area contributed by atoms with Gasteiger partial charge >= 0.3 is 0 Å². The maximum atomic E-state index is 13.4. The number of likely N-dealkylation sites (tertiary alicyclic amines) is 1. The van der Waals surface area contributed by atoms with E-state index in [2.05, 4.69) is 15.9 Å². The summed E-state index contributed by atoms with van der Waals surface area (Å²) in [5.74, 6) is 0.602. The maximum absolute atomic E-state index is 13.4. The predicted octanol–water partition coefficient (Wildman–Crippen LogP) is 4.01. The van der Waals surface area contributed by atoms with E-state index in [4.69, 9.17) is 9.47 Å². The van der Waals surface area contributed by atoms with Crippen LogP contribution < -0.4 is 9.64 Å². The standard InChI is InChI=1S/C23H29BrN2O4/c1-23(2,3)30-22(28)25-14-17(15-25)21(27)26(20-8-6-5-7-19(20)24)13-16-9-11-18(29-4)12-10-16/h5-12,17,22,28H,13-15H2,1-4H3. The molecule has 0 spiro atoms. The quantitative estimate of drug-likeness (QED) is 0.611. The Kier molecular flexibility index (Phi) is 7.18. The Balaban J connectivity index is 1.74. The number of anilines is 1. The fourth-order valence-electron chi connectivity index (χ4n) is 3.33. The fraction of sp³-hybridized carbons (Fsp3) is 0.435. The normalized spacial score (nSPS) is 16.1. The highest BCUT2D eigenvalue weighted by Crippen LogP contribution is 2.31. The molecule has 1 amide bonds. The van der Waals surface area contributed by atoms with Crippen LogP contribution in [0, 0.1) is 5.92 Å². The van der Waals surface area contributed by atoms with Crippen molar-refractivity contribution >= 4 is 27.5 Å². The van der Waals surface area contributed by atoms with Crippen molar-refractivity contribution in [3.63, 3.8) is 0 Å². The van der Waals surface area contributed by atoms with Gasteiger partial charge in [0.1, 0.15) is 5.75 Å². The van der Waals surface area contributed by atoms with Crippen molar-refractivity contribution in [1.29, 1.82) is 0 Å².